The average Bonchev–Trinajstić information content (AvgIpc) is 2.90. The lowest BCUT2D eigenvalue weighted by Gasteiger charge is -2.07. The summed E-state index contributed by atoms with van der Waals surface area (Å²) in [6, 6.07) is 14.7. The van der Waals surface area contributed by atoms with E-state index in [9.17, 15) is 14.0 Å². The van der Waals surface area contributed by atoms with E-state index in [1.165, 1.54) is 36.0 Å². The van der Waals surface area contributed by atoms with E-state index in [4.69, 9.17) is 0 Å². The Kier molecular flexibility index (Phi) is 4.90. The number of rotatable bonds is 4. The Morgan fingerprint density at radius 3 is 2.58 bits per heavy atom. The highest BCUT2D eigenvalue weighted by molar-refractivity contribution is 8.15. The van der Waals surface area contributed by atoms with E-state index < -0.39 is 5.25 Å². The van der Waals surface area contributed by atoms with Crippen molar-refractivity contribution in [3.05, 3.63) is 60.4 Å². The number of benzene rings is 2. The van der Waals surface area contributed by atoms with Crippen molar-refractivity contribution in [2.75, 3.05) is 5.32 Å². The maximum Gasteiger partial charge on any atom is 0.240 e. The lowest BCUT2D eigenvalue weighted by Crippen LogP contribution is -2.28. The molecule has 1 aliphatic rings. The first kappa shape index (κ1) is 16.2. The summed E-state index contributed by atoms with van der Waals surface area (Å²) in [5.74, 6) is -0.931. The second-order valence-corrected chi connectivity index (χ2v) is 6.30. The minimum atomic E-state index is -0.534. The molecule has 2 aromatic carbocycles. The van der Waals surface area contributed by atoms with Gasteiger partial charge in [0.25, 0.3) is 0 Å². The Hall–Kier alpha value is -2.67. The van der Waals surface area contributed by atoms with Crippen LogP contribution in [0.4, 0.5) is 15.8 Å². The van der Waals surface area contributed by atoms with Crippen LogP contribution in [0.1, 0.15) is 6.42 Å². The number of nitrogens with zero attached hydrogens (tertiary/aromatic N) is 1. The van der Waals surface area contributed by atoms with Crippen LogP contribution in [0.2, 0.25) is 0 Å². The van der Waals surface area contributed by atoms with Gasteiger partial charge in [0.15, 0.2) is 5.17 Å². The van der Waals surface area contributed by atoms with Crippen molar-refractivity contribution in [1.82, 2.24) is 5.32 Å². The zero-order valence-corrected chi connectivity index (χ0v) is 13.3. The molecular weight excluding hydrogens is 329 g/mol. The smallest absolute Gasteiger partial charge is 0.240 e. The van der Waals surface area contributed by atoms with Crippen molar-refractivity contribution in [3.8, 4) is 0 Å². The molecule has 1 aliphatic heterocycles. The van der Waals surface area contributed by atoms with Gasteiger partial charge in [-0.05, 0) is 36.4 Å². The van der Waals surface area contributed by atoms with Crippen LogP contribution >= 0.6 is 11.8 Å². The summed E-state index contributed by atoms with van der Waals surface area (Å²) in [6.07, 6.45) is 0.0156. The molecule has 0 radical (unpaired) electrons. The summed E-state index contributed by atoms with van der Waals surface area (Å²) < 4.78 is 12.8. The normalized spacial score (nSPS) is 18.5. The molecule has 1 heterocycles. The summed E-state index contributed by atoms with van der Waals surface area (Å²) in [5, 5.41) is 5.26. The van der Waals surface area contributed by atoms with Gasteiger partial charge in [-0.15, -0.1) is 0 Å². The van der Waals surface area contributed by atoms with Gasteiger partial charge in [-0.25, -0.2) is 9.38 Å². The van der Waals surface area contributed by atoms with Gasteiger partial charge >= 0.3 is 0 Å². The minimum absolute atomic E-state index is 0.0156. The molecular formula is C17H14FN3O2S. The summed E-state index contributed by atoms with van der Waals surface area (Å²) >= 11 is 1.22. The third kappa shape index (κ3) is 4.20. The topological polar surface area (TPSA) is 70.6 Å². The molecule has 2 aromatic rings. The van der Waals surface area contributed by atoms with Crippen LogP contribution < -0.4 is 10.6 Å². The van der Waals surface area contributed by atoms with Crippen LogP contribution in [-0.4, -0.2) is 22.2 Å². The van der Waals surface area contributed by atoms with Gasteiger partial charge in [-0.1, -0.05) is 30.0 Å². The molecule has 0 saturated carbocycles. The van der Waals surface area contributed by atoms with E-state index in [1.54, 1.807) is 0 Å². The first-order valence-corrected chi connectivity index (χ1v) is 8.15. The third-order valence-corrected chi connectivity index (χ3v) is 4.34. The predicted octanol–water partition coefficient (Wildman–Crippen LogP) is 3.07. The quantitative estimate of drug-likeness (QED) is 0.896. The Morgan fingerprint density at radius 2 is 1.88 bits per heavy atom. The van der Waals surface area contributed by atoms with Gasteiger partial charge in [-0.2, -0.15) is 0 Å². The third-order valence-electron chi connectivity index (χ3n) is 3.26. The lowest BCUT2D eigenvalue weighted by atomic mass is 10.2. The predicted molar refractivity (Wildman–Crippen MR) is 92.7 cm³/mol. The van der Waals surface area contributed by atoms with Gasteiger partial charge < -0.3 is 10.6 Å². The fraction of sp³-hybridized carbons (Fsp3) is 0.118. The van der Waals surface area contributed by atoms with Crippen molar-refractivity contribution < 1.29 is 14.0 Å². The molecule has 0 spiro atoms. The van der Waals surface area contributed by atoms with Crippen LogP contribution in [0, 0.1) is 5.82 Å². The van der Waals surface area contributed by atoms with E-state index in [-0.39, 0.29) is 24.1 Å². The summed E-state index contributed by atoms with van der Waals surface area (Å²) in [4.78, 5) is 28.3. The maximum atomic E-state index is 12.8. The number of carbonyl (C=O) groups is 2. The molecule has 0 aromatic heterocycles. The SMILES string of the molecule is O=C(C[C@@H]1SC(=Nc2ccccc2)NC1=O)Nc1ccc(F)cc1. The number of aliphatic imine (C=N–C) groups is 1. The lowest BCUT2D eigenvalue weighted by molar-refractivity contribution is -0.122. The number of hydrogen-bond acceptors (Lipinski definition) is 4. The summed E-state index contributed by atoms with van der Waals surface area (Å²) in [6.45, 7) is 0. The maximum absolute atomic E-state index is 12.8. The van der Waals surface area contributed by atoms with Crippen molar-refractivity contribution in [3.63, 3.8) is 0 Å². The van der Waals surface area contributed by atoms with E-state index >= 15 is 0 Å². The van der Waals surface area contributed by atoms with Crippen LogP contribution in [0.5, 0.6) is 0 Å². The number of hydrogen-bond donors (Lipinski definition) is 2. The molecule has 2 N–H and O–H groups in total. The Balaban J connectivity index is 1.59. The number of thioether (sulfide) groups is 1. The standard InChI is InChI=1S/C17H14FN3O2S/c18-11-6-8-13(9-7-11)19-15(22)10-14-16(23)21-17(24-14)20-12-4-2-1-3-5-12/h1-9,14H,10H2,(H,19,22)(H,20,21,23)/t14-/m0/s1. The van der Waals surface area contributed by atoms with E-state index in [1.807, 2.05) is 30.3 Å². The number of para-hydroxylation sites is 1. The number of amidine groups is 1. The monoisotopic (exact) mass is 343 g/mol. The molecule has 1 fully saturated rings. The van der Waals surface area contributed by atoms with Gasteiger partial charge in [0, 0.05) is 12.1 Å². The Bertz CT molecular complexity index is 778. The zero-order valence-electron chi connectivity index (χ0n) is 12.5. The first-order valence-electron chi connectivity index (χ1n) is 7.27. The van der Waals surface area contributed by atoms with Crippen molar-refractivity contribution >= 4 is 40.1 Å². The average molecular weight is 343 g/mol. The molecule has 1 atom stereocenters. The molecule has 24 heavy (non-hydrogen) atoms. The number of halogens is 1. The largest absolute Gasteiger partial charge is 0.326 e. The molecule has 1 saturated heterocycles. The highest BCUT2D eigenvalue weighted by Crippen LogP contribution is 2.25. The number of amides is 2. The highest BCUT2D eigenvalue weighted by atomic mass is 32.2. The van der Waals surface area contributed by atoms with Gasteiger partial charge in [0.05, 0.1) is 5.69 Å². The van der Waals surface area contributed by atoms with Gasteiger partial charge in [-0.3, -0.25) is 9.59 Å². The molecule has 0 bridgehead atoms. The molecule has 3 rings (SSSR count). The van der Waals surface area contributed by atoms with Crippen molar-refractivity contribution in [2.24, 2.45) is 4.99 Å². The fourth-order valence-corrected chi connectivity index (χ4v) is 3.11. The highest BCUT2D eigenvalue weighted by Gasteiger charge is 2.32. The van der Waals surface area contributed by atoms with Crippen LogP contribution in [0.25, 0.3) is 0 Å². The van der Waals surface area contributed by atoms with Gasteiger partial charge in [0.1, 0.15) is 11.1 Å². The Labute approximate surface area is 142 Å². The second kappa shape index (κ2) is 7.27. The molecule has 2 amide bonds. The van der Waals surface area contributed by atoms with Crippen molar-refractivity contribution in [1.29, 1.82) is 0 Å². The first-order chi connectivity index (χ1) is 11.6. The molecule has 7 heteroatoms. The molecule has 0 unspecified atom stereocenters. The van der Waals surface area contributed by atoms with Crippen LogP contribution in [0.3, 0.4) is 0 Å². The number of nitrogens with one attached hydrogen (secondary N) is 2. The number of anilines is 1. The number of carbonyl (C=O) groups excluding carboxylic acids is 2. The van der Waals surface area contributed by atoms with Crippen LogP contribution in [0.15, 0.2) is 59.6 Å². The van der Waals surface area contributed by atoms with E-state index in [2.05, 4.69) is 15.6 Å². The van der Waals surface area contributed by atoms with E-state index in [0.717, 1.165) is 5.69 Å². The van der Waals surface area contributed by atoms with Crippen LogP contribution in [-0.2, 0) is 9.59 Å². The molecule has 122 valence electrons. The fourth-order valence-electron chi connectivity index (χ4n) is 2.13. The van der Waals surface area contributed by atoms with Gasteiger partial charge in [0.2, 0.25) is 11.8 Å². The zero-order chi connectivity index (χ0) is 16.9. The second-order valence-electron chi connectivity index (χ2n) is 5.11. The Morgan fingerprint density at radius 1 is 1.17 bits per heavy atom. The summed E-state index contributed by atoms with van der Waals surface area (Å²) in [7, 11) is 0. The minimum Gasteiger partial charge on any atom is -0.326 e. The van der Waals surface area contributed by atoms with Crippen molar-refractivity contribution in [2.45, 2.75) is 11.7 Å². The molecule has 0 aliphatic carbocycles. The molecule has 5 nitrogen and oxygen atoms in total. The summed E-state index contributed by atoms with van der Waals surface area (Å²) in [5.41, 5.74) is 1.22. The van der Waals surface area contributed by atoms with E-state index in [0.29, 0.717) is 10.9 Å².